The zero-order valence-electron chi connectivity index (χ0n) is 15.5. The van der Waals surface area contributed by atoms with Crippen molar-refractivity contribution in [1.82, 2.24) is 4.90 Å². The van der Waals surface area contributed by atoms with E-state index in [4.69, 9.17) is 5.26 Å². The van der Waals surface area contributed by atoms with Crippen molar-refractivity contribution in [2.24, 2.45) is 5.41 Å². The minimum absolute atomic E-state index is 0.187. The third-order valence-electron chi connectivity index (χ3n) is 6.67. The lowest BCUT2D eigenvalue weighted by Gasteiger charge is -2.41. The molecule has 1 spiro atoms. The first-order chi connectivity index (χ1) is 13.0. The summed E-state index contributed by atoms with van der Waals surface area (Å²) in [4.78, 5) is 17.8. The molecule has 3 fully saturated rings. The predicted molar refractivity (Wildman–Crippen MR) is 107 cm³/mol. The van der Waals surface area contributed by atoms with E-state index in [2.05, 4.69) is 31.8 Å². The molecule has 0 aromatic heterocycles. The Bertz CT molecular complexity index is 769. The number of anilines is 1. The molecule has 2 saturated heterocycles. The summed E-state index contributed by atoms with van der Waals surface area (Å²) in [6, 6.07) is 8.32. The topological polar surface area (TPSA) is 67.6 Å². The van der Waals surface area contributed by atoms with Gasteiger partial charge < -0.3 is 14.9 Å². The summed E-state index contributed by atoms with van der Waals surface area (Å²) in [5, 5.41) is 18.9. The van der Waals surface area contributed by atoms with Crippen LogP contribution in [0.15, 0.2) is 22.7 Å². The Hall–Kier alpha value is -1.58. The number of aliphatic hydroxyl groups excluding tert-OH is 1. The maximum absolute atomic E-state index is 13.4. The van der Waals surface area contributed by atoms with Crippen molar-refractivity contribution in [1.29, 1.82) is 5.26 Å². The van der Waals surface area contributed by atoms with Crippen molar-refractivity contribution >= 4 is 27.5 Å². The highest BCUT2D eigenvalue weighted by Crippen LogP contribution is 2.43. The van der Waals surface area contributed by atoms with Gasteiger partial charge in [-0.05, 0) is 79.1 Å². The smallest absolute Gasteiger partial charge is 0.230 e. The molecule has 4 rings (SSSR count). The lowest BCUT2D eigenvalue weighted by atomic mass is 9.78. The number of aliphatic hydroxyl groups is 1. The van der Waals surface area contributed by atoms with Gasteiger partial charge in [-0.1, -0.05) is 0 Å². The first-order valence-corrected chi connectivity index (χ1v) is 10.8. The molecule has 0 unspecified atom stereocenters. The van der Waals surface area contributed by atoms with E-state index < -0.39 is 0 Å². The molecule has 1 N–H and O–H groups in total. The van der Waals surface area contributed by atoms with E-state index >= 15 is 0 Å². The highest BCUT2D eigenvalue weighted by atomic mass is 79.9. The monoisotopic (exact) mass is 431 g/mol. The van der Waals surface area contributed by atoms with E-state index in [9.17, 15) is 9.90 Å². The van der Waals surface area contributed by atoms with Crippen LogP contribution in [0.25, 0.3) is 0 Å². The average molecular weight is 432 g/mol. The maximum Gasteiger partial charge on any atom is 0.230 e. The van der Waals surface area contributed by atoms with Crippen molar-refractivity contribution in [2.45, 2.75) is 57.1 Å². The van der Waals surface area contributed by atoms with Crippen LogP contribution in [-0.2, 0) is 4.79 Å². The van der Waals surface area contributed by atoms with Gasteiger partial charge in [-0.2, -0.15) is 5.26 Å². The number of halogens is 1. The summed E-state index contributed by atoms with van der Waals surface area (Å²) in [7, 11) is 0. The van der Waals surface area contributed by atoms with Crippen LogP contribution in [0.4, 0.5) is 5.69 Å². The van der Waals surface area contributed by atoms with Crippen molar-refractivity contribution in [3.63, 3.8) is 0 Å². The third kappa shape index (κ3) is 3.48. The van der Waals surface area contributed by atoms with E-state index in [-0.39, 0.29) is 11.5 Å². The number of piperidine rings is 1. The number of hydrogen-bond donors (Lipinski definition) is 1. The number of likely N-dealkylation sites (tertiary alicyclic amines) is 1. The van der Waals surface area contributed by atoms with Crippen LogP contribution >= 0.6 is 15.9 Å². The zero-order chi connectivity index (χ0) is 19.0. The molecule has 144 valence electrons. The van der Waals surface area contributed by atoms with Crippen LogP contribution in [0.3, 0.4) is 0 Å². The van der Waals surface area contributed by atoms with Gasteiger partial charge in [0, 0.05) is 35.8 Å². The minimum Gasteiger partial charge on any atom is -0.393 e. The van der Waals surface area contributed by atoms with Gasteiger partial charge in [-0.15, -0.1) is 0 Å². The summed E-state index contributed by atoms with van der Waals surface area (Å²) in [6.45, 7) is 2.56. The Morgan fingerprint density at radius 1 is 1.19 bits per heavy atom. The van der Waals surface area contributed by atoms with Crippen LogP contribution < -0.4 is 4.90 Å². The van der Waals surface area contributed by atoms with Gasteiger partial charge >= 0.3 is 0 Å². The highest BCUT2D eigenvalue weighted by Gasteiger charge is 2.50. The normalized spacial score (nSPS) is 31.4. The summed E-state index contributed by atoms with van der Waals surface area (Å²) in [5.41, 5.74) is 1.44. The van der Waals surface area contributed by atoms with Gasteiger partial charge in [0.2, 0.25) is 5.91 Å². The SMILES string of the molecule is N#Cc1ccc(N2CCC[C@@]3(CCN([C@H]4CC[C@H](O)CC4)C3=O)C2)cc1Br. The van der Waals surface area contributed by atoms with Gasteiger partial charge in [0.1, 0.15) is 6.07 Å². The molecule has 1 aromatic carbocycles. The molecule has 2 aliphatic heterocycles. The van der Waals surface area contributed by atoms with Crippen molar-refractivity contribution in [3.8, 4) is 6.07 Å². The molecule has 2 heterocycles. The number of carbonyl (C=O) groups is 1. The molecule has 3 aliphatic rings. The fourth-order valence-electron chi connectivity index (χ4n) is 5.09. The molecule has 5 nitrogen and oxygen atoms in total. The fourth-order valence-corrected chi connectivity index (χ4v) is 5.54. The molecule has 6 heteroatoms. The molecular weight excluding hydrogens is 406 g/mol. The number of nitrogens with zero attached hydrogens (tertiary/aromatic N) is 3. The summed E-state index contributed by atoms with van der Waals surface area (Å²) >= 11 is 3.48. The van der Waals surface area contributed by atoms with Gasteiger partial charge in [0.25, 0.3) is 0 Å². The van der Waals surface area contributed by atoms with Gasteiger partial charge in [-0.3, -0.25) is 4.79 Å². The predicted octanol–water partition coefficient (Wildman–Crippen LogP) is 3.44. The minimum atomic E-state index is -0.269. The molecule has 1 amide bonds. The number of amides is 1. The third-order valence-corrected chi connectivity index (χ3v) is 7.32. The molecular formula is C21H26BrN3O2. The summed E-state index contributed by atoms with van der Waals surface area (Å²) in [6.07, 6.45) is 6.20. The lowest BCUT2D eigenvalue weighted by Crippen LogP contribution is -2.50. The quantitative estimate of drug-likeness (QED) is 0.778. The highest BCUT2D eigenvalue weighted by molar-refractivity contribution is 9.10. The Labute approximate surface area is 169 Å². The molecule has 1 saturated carbocycles. The van der Waals surface area contributed by atoms with Crippen LogP contribution in [0, 0.1) is 16.7 Å². The van der Waals surface area contributed by atoms with E-state index in [0.29, 0.717) is 17.5 Å². The fraction of sp³-hybridized carbons (Fsp3) is 0.619. The van der Waals surface area contributed by atoms with Crippen LogP contribution in [0.1, 0.15) is 50.5 Å². The molecule has 0 radical (unpaired) electrons. The van der Waals surface area contributed by atoms with Crippen molar-refractivity contribution in [2.75, 3.05) is 24.5 Å². The summed E-state index contributed by atoms with van der Waals surface area (Å²) < 4.78 is 0.808. The lowest BCUT2D eigenvalue weighted by molar-refractivity contribution is -0.139. The van der Waals surface area contributed by atoms with Crippen LogP contribution in [0.5, 0.6) is 0 Å². The van der Waals surface area contributed by atoms with Gasteiger partial charge in [0.05, 0.1) is 17.1 Å². The summed E-state index contributed by atoms with van der Waals surface area (Å²) in [5.74, 6) is 0.321. The van der Waals surface area contributed by atoms with E-state index in [1.54, 1.807) is 0 Å². The zero-order valence-corrected chi connectivity index (χ0v) is 17.1. The maximum atomic E-state index is 13.4. The number of rotatable bonds is 2. The Kier molecular flexibility index (Phi) is 5.17. The second-order valence-electron chi connectivity index (χ2n) is 8.29. The number of hydrogen-bond acceptors (Lipinski definition) is 4. The second kappa shape index (κ2) is 7.44. The van der Waals surface area contributed by atoms with Crippen molar-refractivity contribution in [3.05, 3.63) is 28.2 Å². The molecule has 27 heavy (non-hydrogen) atoms. The average Bonchev–Trinajstić information content (AvgIpc) is 2.98. The van der Waals surface area contributed by atoms with Crippen LogP contribution in [0.2, 0.25) is 0 Å². The largest absolute Gasteiger partial charge is 0.393 e. The van der Waals surface area contributed by atoms with E-state index in [1.807, 2.05) is 18.2 Å². The molecule has 1 atom stereocenters. The molecule has 0 bridgehead atoms. The van der Waals surface area contributed by atoms with Crippen LogP contribution in [-0.4, -0.2) is 47.7 Å². The Morgan fingerprint density at radius 3 is 2.67 bits per heavy atom. The first kappa shape index (κ1) is 18.8. The Balaban J connectivity index is 1.50. The molecule has 1 aromatic rings. The Morgan fingerprint density at radius 2 is 1.96 bits per heavy atom. The number of benzene rings is 1. The van der Waals surface area contributed by atoms with Gasteiger partial charge in [-0.25, -0.2) is 0 Å². The second-order valence-corrected chi connectivity index (χ2v) is 9.15. The number of carbonyl (C=O) groups excluding carboxylic acids is 1. The van der Waals surface area contributed by atoms with Gasteiger partial charge in [0.15, 0.2) is 0 Å². The molecule has 1 aliphatic carbocycles. The van der Waals surface area contributed by atoms with E-state index in [0.717, 1.165) is 74.7 Å². The number of nitriles is 1. The first-order valence-electron chi connectivity index (χ1n) is 9.96. The standard InChI is InChI=1S/C21H26BrN3O2/c22-19-12-17(3-2-15(19)13-23)24-10-1-8-21(14-24)9-11-25(20(21)27)16-4-6-18(26)7-5-16/h2-3,12,16,18,26H,1,4-11,14H2/t16-,18-,21-/m1/s1. The van der Waals surface area contributed by atoms with Crippen molar-refractivity contribution < 1.29 is 9.90 Å². The van der Waals surface area contributed by atoms with E-state index in [1.165, 1.54) is 0 Å².